The number of hydrogen-bond acceptors (Lipinski definition) is 1. The first-order valence-electron chi connectivity index (χ1n) is 5.43. The summed E-state index contributed by atoms with van der Waals surface area (Å²) in [5.74, 6) is 0. The Labute approximate surface area is 88.8 Å². The van der Waals surface area contributed by atoms with Crippen molar-refractivity contribution in [1.29, 1.82) is 0 Å². The smallest absolute Gasteiger partial charge is 0.0233 e. The van der Waals surface area contributed by atoms with Crippen molar-refractivity contribution >= 4 is 0 Å². The van der Waals surface area contributed by atoms with Crippen LogP contribution in [0.3, 0.4) is 0 Å². The highest BCUT2D eigenvalue weighted by atomic mass is 15.1. The van der Waals surface area contributed by atoms with E-state index in [0.29, 0.717) is 0 Å². The van der Waals surface area contributed by atoms with Crippen LogP contribution in [-0.4, -0.2) is 25.0 Å². The maximum Gasteiger partial charge on any atom is 0.0233 e. The molecular weight excluding hydrogens is 170 g/mol. The molecule has 0 unspecified atom stereocenters. The van der Waals surface area contributed by atoms with Gasteiger partial charge in [-0.1, -0.05) is 38.7 Å². The Bertz CT molecular complexity index is 223. The molecule has 14 heavy (non-hydrogen) atoms. The Kier molecular flexibility index (Phi) is 7.13. The predicted molar refractivity (Wildman–Crippen MR) is 65.5 cm³/mol. The summed E-state index contributed by atoms with van der Waals surface area (Å²) >= 11 is 0. The van der Waals surface area contributed by atoms with Gasteiger partial charge in [0.05, 0.1) is 0 Å². The molecule has 0 aliphatic carbocycles. The number of nitrogens with zero attached hydrogens (tertiary/aromatic N) is 1. The van der Waals surface area contributed by atoms with Gasteiger partial charge in [0, 0.05) is 13.1 Å². The van der Waals surface area contributed by atoms with Crippen LogP contribution in [-0.2, 0) is 0 Å². The molecule has 1 rings (SSSR count). The number of piperidine rings is 1. The summed E-state index contributed by atoms with van der Waals surface area (Å²) < 4.78 is 0. The van der Waals surface area contributed by atoms with Gasteiger partial charge in [-0.2, -0.15) is 0 Å². The van der Waals surface area contributed by atoms with Crippen LogP contribution in [0.15, 0.2) is 36.0 Å². The molecule has 1 saturated heterocycles. The highest BCUT2D eigenvalue weighted by molar-refractivity contribution is 5.36. The lowest BCUT2D eigenvalue weighted by Crippen LogP contribution is -2.28. The summed E-state index contributed by atoms with van der Waals surface area (Å²) in [7, 11) is 2.16. The topological polar surface area (TPSA) is 3.24 Å². The molecule has 0 bridgehead atoms. The first-order chi connectivity index (χ1) is 6.77. The standard InChI is InChI=1S/C11H17N.C2H6/c1-4-6-11-9-12(3)8-7-10(11)5-2;1-2/h4-6H,1,7-9H2,2-3H3;1-2H3/b10-5-,11-6-;. The van der Waals surface area contributed by atoms with E-state index >= 15 is 0 Å². The molecule has 1 aliphatic heterocycles. The molecule has 1 aliphatic rings. The van der Waals surface area contributed by atoms with E-state index in [0.717, 1.165) is 6.54 Å². The normalized spacial score (nSPS) is 23.1. The van der Waals surface area contributed by atoms with Crippen molar-refractivity contribution in [2.24, 2.45) is 0 Å². The van der Waals surface area contributed by atoms with E-state index in [2.05, 4.69) is 37.6 Å². The number of likely N-dealkylation sites (tertiary alicyclic amines) is 1. The van der Waals surface area contributed by atoms with E-state index in [4.69, 9.17) is 0 Å². The molecule has 1 fully saturated rings. The van der Waals surface area contributed by atoms with Gasteiger partial charge in [0.1, 0.15) is 0 Å². The van der Waals surface area contributed by atoms with Crippen LogP contribution >= 0.6 is 0 Å². The SMILES string of the molecule is C=C/C=C1/CN(C)CC/C1=C/C.CC. The second kappa shape index (κ2) is 7.57. The van der Waals surface area contributed by atoms with Crippen molar-refractivity contribution in [3.05, 3.63) is 36.0 Å². The molecule has 0 N–H and O–H groups in total. The van der Waals surface area contributed by atoms with Gasteiger partial charge in [-0.15, -0.1) is 0 Å². The lowest BCUT2D eigenvalue weighted by molar-refractivity contribution is 0.348. The zero-order chi connectivity index (χ0) is 11.0. The minimum Gasteiger partial charge on any atom is -0.302 e. The Balaban J connectivity index is 0.000000791. The molecule has 1 nitrogen and oxygen atoms in total. The summed E-state index contributed by atoms with van der Waals surface area (Å²) in [6.45, 7) is 12.1. The van der Waals surface area contributed by atoms with Crippen LogP contribution in [0.5, 0.6) is 0 Å². The maximum atomic E-state index is 3.73. The minimum atomic E-state index is 1.06. The zero-order valence-corrected chi connectivity index (χ0v) is 10.0. The minimum absolute atomic E-state index is 1.06. The van der Waals surface area contributed by atoms with Crippen molar-refractivity contribution in [1.82, 2.24) is 4.90 Å². The van der Waals surface area contributed by atoms with Crippen molar-refractivity contribution < 1.29 is 0 Å². The summed E-state index contributed by atoms with van der Waals surface area (Å²) in [4.78, 5) is 2.34. The fraction of sp³-hybridized carbons (Fsp3) is 0.538. The Morgan fingerprint density at radius 3 is 2.43 bits per heavy atom. The average molecular weight is 193 g/mol. The molecular formula is C13H23N. The molecule has 1 heteroatoms. The average Bonchev–Trinajstić information content (AvgIpc) is 2.22. The molecule has 0 aromatic carbocycles. The fourth-order valence-corrected chi connectivity index (χ4v) is 1.58. The monoisotopic (exact) mass is 193 g/mol. The highest BCUT2D eigenvalue weighted by Gasteiger charge is 2.13. The second-order valence-electron chi connectivity index (χ2n) is 3.23. The molecule has 0 atom stereocenters. The van der Waals surface area contributed by atoms with Crippen LogP contribution in [0.2, 0.25) is 0 Å². The first-order valence-corrected chi connectivity index (χ1v) is 5.43. The lowest BCUT2D eigenvalue weighted by atomic mass is 9.98. The van der Waals surface area contributed by atoms with Gasteiger partial charge >= 0.3 is 0 Å². The zero-order valence-electron chi connectivity index (χ0n) is 10.0. The highest BCUT2D eigenvalue weighted by Crippen LogP contribution is 2.20. The molecule has 1 heterocycles. The van der Waals surface area contributed by atoms with Gasteiger partial charge in [-0.05, 0) is 31.5 Å². The van der Waals surface area contributed by atoms with Crippen LogP contribution in [0, 0.1) is 0 Å². The number of likely N-dealkylation sites (N-methyl/N-ethyl adjacent to an activating group) is 1. The van der Waals surface area contributed by atoms with Gasteiger partial charge in [0.2, 0.25) is 0 Å². The van der Waals surface area contributed by atoms with Crippen molar-refractivity contribution in [3.8, 4) is 0 Å². The largest absolute Gasteiger partial charge is 0.302 e. The fourth-order valence-electron chi connectivity index (χ4n) is 1.58. The molecule has 0 amide bonds. The summed E-state index contributed by atoms with van der Waals surface area (Å²) in [5, 5.41) is 0. The molecule has 80 valence electrons. The van der Waals surface area contributed by atoms with E-state index in [1.54, 1.807) is 0 Å². The molecule has 0 aromatic heterocycles. The molecule has 0 aromatic rings. The van der Waals surface area contributed by atoms with Crippen molar-refractivity contribution in [2.75, 3.05) is 20.1 Å². The number of allylic oxidation sites excluding steroid dienone is 3. The summed E-state index contributed by atoms with van der Waals surface area (Å²) in [6.07, 6.45) is 7.37. The van der Waals surface area contributed by atoms with E-state index in [1.165, 1.54) is 24.1 Å². The Morgan fingerprint density at radius 1 is 1.29 bits per heavy atom. The third-order valence-electron chi connectivity index (χ3n) is 2.28. The summed E-state index contributed by atoms with van der Waals surface area (Å²) in [5.41, 5.74) is 2.90. The summed E-state index contributed by atoms with van der Waals surface area (Å²) in [6, 6.07) is 0. The van der Waals surface area contributed by atoms with Crippen LogP contribution in [0.25, 0.3) is 0 Å². The maximum absolute atomic E-state index is 3.73. The van der Waals surface area contributed by atoms with Crippen LogP contribution in [0.4, 0.5) is 0 Å². The molecule has 0 radical (unpaired) electrons. The van der Waals surface area contributed by atoms with Gasteiger partial charge < -0.3 is 4.90 Å². The first kappa shape index (κ1) is 13.2. The third kappa shape index (κ3) is 3.93. The van der Waals surface area contributed by atoms with Gasteiger partial charge in [0.25, 0.3) is 0 Å². The van der Waals surface area contributed by atoms with Crippen LogP contribution in [0.1, 0.15) is 27.2 Å². The molecule has 0 saturated carbocycles. The lowest BCUT2D eigenvalue weighted by Gasteiger charge is -2.26. The van der Waals surface area contributed by atoms with Crippen molar-refractivity contribution in [3.63, 3.8) is 0 Å². The predicted octanol–water partition coefficient (Wildman–Crippen LogP) is 3.41. The Hall–Kier alpha value is -0.820. The second-order valence-corrected chi connectivity index (χ2v) is 3.23. The van der Waals surface area contributed by atoms with Crippen LogP contribution < -0.4 is 0 Å². The van der Waals surface area contributed by atoms with E-state index < -0.39 is 0 Å². The third-order valence-corrected chi connectivity index (χ3v) is 2.28. The van der Waals surface area contributed by atoms with Gasteiger partial charge in [-0.3, -0.25) is 0 Å². The molecule has 0 spiro atoms. The van der Waals surface area contributed by atoms with Gasteiger partial charge in [-0.25, -0.2) is 0 Å². The number of rotatable bonds is 1. The van der Waals surface area contributed by atoms with E-state index in [-0.39, 0.29) is 0 Å². The quantitative estimate of drug-likeness (QED) is 0.617. The number of hydrogen-bond donors (Lipinski definition) is 0. The van der Waals surface area contributed by atoms with Crippen molar-refractivity contribution in [2.45, 2.75) is 27.2 Å². The van der Waals surface area contributed by atoms with E-state index in [1.807, 2.05) is 19.9 Å². The van der Waals surface area contributed by atoms with E-state index in [9.17, 15) is 0 Å². The van der Waals surface area contributed by atoms with Gasteiger partial charge in [0.15, 0.2) is 0 Å². The Morgan fingerprint density at radius 2 is 1.93 bits per heavy atom.